The molecule has 0 radical (unpaired) electrons. The first kappa shape index (κ1) is 8.74. The van der Waals surface area contributed by atoms with Gasteiger partial charge in [0, 0.05) is 24.5 Å². The topological polar surface area (TPSA) is 54.6 Å². The van der Waals surface area contributed by atoms with Gasteiger partial charge in [-0.15, -0.1) is 0 Å². The summed E-state index contributed by atoms with van der Waals surface area (Å²) in [5.74, 6) is -0.782. The average Bonchev–Trinajstić information content (AvgIpc) is 2.58. The third-order valence-electron chi connectivity index (χ3n) is 2.09. The van der Waals surface area contributed by atoms with Crippen molar-refractivity contribution in [2.24, 2.45) is 0 Å². The van der Waals surface area contributed by atoms with Gasteiger partial charge in [-0.2, -0.15) is 0 Å². The summed E-state index contributed by atoms with van der Waals surface area (Å²) in [6.07, 6.45) is 4.26. The molecule has 0 atom stereocenters. The molecule has 4 nitrogen and oxygen atoms in total. The van der Waals surface area contributed by atoms with Gasteiger partial charge in [-0.3, -0.25) is 4.79 Å². The molecule has 0 aromatic carbocycles. The van der Waals surface area contributed by atoms with E-state index >= 15 is 0 Å². The van der Waals surface area contributed by atoms with Gasteiger partial charge in [-0.25, -0.2) is 4.98 Å². The number of carbonyl (C=O) groups is 1. The van der Waals surface area contributed by atoms with Crippen molar-refractivity contribution in [3.8, 4) is 0 Å². The summed E-state index contributed by atoms with van der Waals surface area (Å²) >= 11 is 0. The van der Waals surface area contributed by atoms with E-state index in [1.807, 2.05) is 28.8 Å². The van der Waals surface area contributed by atoms with Gasteiger partial charge in [0.05, 0.1) is 6.42 Å². The van der Waals surface area contributed by atoms with Crippen molar-refractivity contribution in [3.05, 3.63) is 36.3 Å². The maximum absolute atomic E-state index is 10.4. The molecular weight excluding hydrogens is 180 g/mol. The molecule has 2 heterocycles. The van der Waals surface area contributed by atoms with Crippen LogP contribution in [0.3, 0.4) is 0 Å². The highest BCUT2D eigenvalue weighted by atomic mass is 16.4. The Kier molecular flexibility index (Phi) is 2.18. The number of hydrogen-bond donors (Lipinski definition) is 1. The number of aliphatic carboxylic acids is 1. The number of nitrogens with zero attached hydrogens (tertiary/aromatic N) is 2. The Morgan fingerprint density at radius 2 is 2.36 bits per heavy atom. The van der Waals surface area contributed by atoms with Gasteiger partial charge in [0.25, 0.3) is 0 Å². The number of rotatable bonds is 3. The minimum Gasteiger partial charge on any atom is -0.481 e. The van der Waals surface area contributed by atoms with E-state index < -0.39 is 5.97 Å². The van der Waals surface area contributed by atoms with Crippen molar-refractivity contribution >= 4 is 11.6 Å². The van der Waals surface area contributed by atoms with Gasteiger partial charge >= 0.3 is 5.97 Å². The Morgan fingerprint density at radius 1 is 1.50 bits per heavy atom. The van der Waals surface area contributed by atoms with E-state index in [0.29, 0.717) is 6.42 Å². The zero-order chi connectivity index (χ0) is 9.97. The van der Waals surface area contributed by atoms with Crippen molar-refractivity contribution in [1.29, 1.82) is 0 Å². The van der Waals surface area contributed by atoms with Crippen LogP contribution >= 0.6 is 0 Å². The summed E-state index contributed by atoms with van der Waals surface area (Å²) in [4.78, 5) is 14.6. The van der Waals surface area contributed by atoms with Gasteiger partial charge in [0.2, 0.25) is 0 Å². The fraction of sp³-hybridized carbons (Fsp3) is 0.200. The molecule has 0 spiro atoms. The lowest BCUT2D eigenvalue weighted by molar-refractivity contribution is -0.136. The summed E-state index contributed by atoms with van der Waals surface area (Å²) < 4.78 is 1.91. The summed E-state index contributed by atoms with van der Waals surface area (Å²) in [5, 5.41) is 8.55. The van der Waals surface area contributed by atoms with E-state index in [9.17, 15) is 4.79 Å². The Hall–Kier alpha value is -1.84. The molecule has 0 aliphatic heterocycles. The smallest absolute Gasteiger partial charge is 0.303 e. The van der Waals surface area contributed by atoms with E-state index in [4.69, 9.17) is 5.11 Å². The van der Waals surface area contributed by atoms with Crippen molar-refractivity contribution in [2.45, 2.75) is 12.8 Å². The normalized spacial score (nSPS) is 10.6. The van der Waals surface area contributed by atoms with E-state index in [2.05, 4.69) is 4.98 Å². The second-order valence-electron chi connectivity index (χ2n) is 3.07. The fourth-order valence-electron chi connectivity index (χ4n) is 1.41. The quantitative estimate of drug-likeness (QED) is 0.794. The van der Waals surface area contributed by atoms with Crippen LogP contribution in [0.5, 0.6) is 0 Å². The minimum atomic E-state index is -0.782. The Labute approximate surface area is 80.8 Å². The van der Waals surface area contributed by atoms with Crippen LogP contribution < -0.4 is 0 Å². The number of aromatic nitrogens is 2. The van der Waals surface area contributed by atoms with Crippen LogP contribution in [0, 0.1) is 0 Å². The zero-order valence-corrected chi connectivity index (χ0v) is 7.55. The largest absolute Gasteiger partial charge is 0.481 e. The third kappa shape index (κ3) is 1.59. The minimum absolute atomic E-state index is 0.142. The summed E-state index contributed by atoms with van der Waals surface area (Å²) in [5.41, 5.74) is 1.79. The molecule has 0 fully saturated rings. The van der Waals surface area contributed by atoms with Crippen LogP contribution in [0.2, 0.25) is 0 Å². The van der Waals surface area contributed by atoms with Crippen molar-refractivity contribution in [3.63, 3.8) is 0 Å². The number of carboxylic acids is 1. The monoisotopic (exact) mass is 190 g/mol. The van der Waals surface area contributed by atoms with Gasteiger partial charge in [-0.05, 0) is 12.1 Å². The number of pyridine rings is 1. The first-order valence-electron chi connectivity index (χ1n) is 4.40. The highest BCUT2D eigenvalue weighted by Crippen LogP contribution is 2.07. The average molecular weight is 190 g/mol. The standard InChI is InChI=1S/C10H10N2O2/c13-10(14)5-4-8-7-11-9-3-1-2-6-12(8)9/h1-3,6-7H,4-5H2,(H,13,14). The maximum atomic E-state index is 10.4. The fourth-order valence-corrected chi connectivity index (χ4v) is 1.41. The van der Waals surface area contributed by atoms with Crippen molar-refractivity contribution in [1.82, 2.24) is 9.38 Å². The van der Waals surface area contributed by atoms with Crippen LogP contribution in [0.15, 0.2) is 30.6 Å². The summed E-state index contributed by atoms with van der Waals surface area (Å²) in [6, 6.07) is 5.70. The van der Waals surface area contributed by atoms with E-state index in [0.717, 1.165) is 11.3 Å². The molecule has 2 aromatic heterocycles. The number of aryl methyl sites for hydroxylation is 1. The number of fused-ring (bicyclic) bond motifs is 1. The molecule has 4 heteroatoms. The molecule has 14 heavy (non-hydrogen) atoms. The lowest BCUT2D eigenvalue weighted by atomic mass is 10.2. The Morgan fingerprint density at radius 3 is 3.14 bits per heavy atom. The summed E-state index contributed by atoms with van der Waals surface area (Å²) in [7, 11) is 0. The lowest BCUT2D eigenvalue weighted by Gasteiger charge is -1.98. The molecule has 72 valence electrons. The molecule has 0 unspecified atom stereocenters. The highest BCUT2D eigenvalue weighted by Gasteiger charge is 2.04. The Bertz CT molecular complexity index is 462. The van der Waals surface area contributed by atoms with Crippen molar-refractivity contribution < 1.29 is 9.90 Å². The molecular formula is C10H10N2O2. The van der Waals surface area contributed by atoms with E-state index in [-0.39, 0.29) is 6.42 Å². The summed E-state index contributed by atoms with van der Waals surface area (Å²) in [6.45, 7) is 0. The van der Waals surface area contributed by atoms with Gasteiger partial charge in [0.1, 0.15) is 5.65 Å². The number of imidazole rings is 1. The number of hydrogen-bond acceptors (Lipinski definition) is 2. The lowest BCUT2D eigenvalue weighted by Crippen LogP contribution is -1.99. The molecule has 0 saturated heterocycles. The molecule has 2 aromatic rings. The van der Waals surface area contributed by atoms with Crippen LogP contribution in [-0.2, 0) is 11.2 Å². The van der Waals surface area contributed by atoms with E-state index in [1.54, 1.807) is 6.20 Å². The maximum Gasteiger partial charge on any atom is 0.303 e. The van der Waals surface area contributed by atoms with Gasteiger partial charge in [0.15, 0.2) is 0 Å². The number of carboxylic acid groups (broad SMARTS) is 1. The first-order valence-corrected chi connectivity index (χ1v) is 4.40. The van der Waals surface area contributed by atoms with Crippen LogP contribution in [0.4, 0.5) is 0 Å². The van der Waals surface area contributed by atoms with Crippen LogP contribution in [0.25, 0.3) is 5.65 Å². The zero-order valence-electron chi connectivity index (χ0n) is 7.55. The molecule has 0 bridgehead atoms. The molecule has 0 saturated carbocycles. The highest BCUT2D eigenvalue weighted by molar-refractivity contribution is 5.67. The second kappa shape index (κ2) is 3.49. The predicted molar refractivity (Wildman–Crippen MR) is 51.1 cm³/mol. The molecule has 0 aliphatic carbocycles. The molecule has 2 rings (SSSR count). The van der Waals surface area contributed by atoms with Gasteiger partial charge < -0.3 is 9.51 Å². The van der Waals surface area contributed by atoms with Crippen molar-refractivity contribution in [2.75, 3.05) is 0 Å². The van der Waals surface area contributed by atoms with E-state index in [1.165, 1.54) is 0 Å². The SMILES string of the molecule is O=C(O)CCc1cnc2ccccn12. The predicted octanol–water partition coefficient (Wildman–Crippen LogP) is 1.35. The molecule has 0 aliphatic rings. The van der Waals surface area contributed by atoms with Crippen LogP contribution in [-0.4, -0.2) is 20.5 Å². The van der Waals surface area contributed by atoms with Crippen LogP contribution in [0.1, 0.15) is 12.1 Å². The second-order valence-corrected chi connectivity index (χ2v) is 3.07. The first-order chi connectivity index (χ1) is 6.77. The Balaban J connectivity index is 2.29. The molecule has 0 amide bonds. The van der Waals surface area contributed by atoms with Gasteiger partial charge in [-0.1, -0.05) is 6.07 Å². The third-order valence-corrected chi connectivity index (χ3v) is 2.09. The molecule has 1 N–H and O–H groups in total.